The minimum atomic E-state index is 0.306. The van der Waals surface area contributed by atoms with Gasteiger partial charge < -0.3 is 4.90 Å². The fourth-order valence-electron chi connectivity index (χ4n) is 2.89. The van der Waals surface area contributed by atoms with Crippen LogP contribution >= 0.6 is 0 Å². The lowest BCUT2D eigenvalue weighted by atomic mass is 10.0. The molecule has 6 heteroatoms. The maximum absolute atomic E-state index is 12.2. The summed E-state index contributed by atoms with van der Waals surface area (Å²) in [6.45, 7) is 4.25. The fraction of sp³-hybridized carbons (Fsp3) is 0.643. The van der Waals surface area contributed by atoms with Crippen molar-refractivity contribution < 1.29 is 4.79 Å². The molecule has 20 heavy (non-hydrogen) atoms. The van der Waals surface area contributed by atoms with Gasteiger partial charge in [-0.1, -0.05) is 12.2 Å². The third-order valence-corrected chi connectivity index (χ3v) is 4.11. The van der Waals surface area contributed by atoms with E-state index in [1.54, 1.807) is 0 Å². The van der Waals surface area contributed by atoms with Crippen LogP contribution in [0.5, 0.6) is 0 Å². The normalized spacial score (nSPS) is 23.4. The lowest BCUT2D eigenvalue weighted by Gasteiger charge is -2.34. The van der Waals surface area contributed by atoms with Crippen LogP contribution in [0.15, 0.2) is 18.5 Å². The summed E-state index contributed by atoms with van der Waals surface area (Å²) in [7, 11) is 0. The van der Waals surface area contributed by atoms with Crippen molar-refractivity contribution in [2.45, 2.75) is 25.8 Å². The Balaban J connectivity index is 1.43. The summed E-state index contributed by atoms with van der Waals surface area (Å²) >= 11 is 0. The quantitative estimate of drug-likeness (QED) is 0.826. The van der Waals surface area contributed by atoms with Crippen molar-refractivity contribution in [2.75, 3.05) is 26.2 Å². The van der Waals surface area contributed by atoms with Gasteiger partial charge in [-0.2, -0.15) is 5.10 Å². The molecule has 6 nitrogen and oxygen atoms in total. The van der Waals surface area contributed by atoms with E-state index in [0.29, 0.717) is 18.2 Å². The Hall–Kier alpha value is -1.69. The minimum absolute atomic E-state index is 0.306. The second-order valence-corrected chi connectivity index (χ2v) is 5.56. The predicted octanol–water partition coefficient (Wildman–Crippen LogP) is 0.805. The van der Waals surface area contributed by atoms with Gasteiger partial charge in [-0.05, 0) is 18.8 Å². The van der Waals surface area contributed by atoms with Crippen LogP contribution in [0.25, 0.3) is 0 Å². The standard InChI is InChI=1S/C14H21N5O/c20-14(9-12-3-1-2-4-12)19-7-5-18(6-8-19)10-13-15-11-16-17-13/h1,3,11-12H,2,4-10H2,(H,15,16,17). The number of hydrogen-bond donors (Lipinski definition) is 1. The van der Waals surface area contributed by atoms with Crippen LogP contribution in [0.3, 0.4) is 0 Å². The zero-order chi connectivity index (χ0) is 13.8. The molecular weight excluding hydrogens is 254 g/mol. The summed E-state index contributed by atoms with van der Waals surface area (Å²) in [5.74, 6) is 1.66. The molecule has 1 N–H and O–H groups in total. The van der Waals surface area contributed by atoms with E-state index < -0.39 is 0 Å². The number of aromatic amines is 1. The molecule has 1 aromatic heterocycles. The number of rotatable bonds is 4. The van der Waals surface area contributed by atoms with E-state index in [1.165, 1.54) is 6.33 Å². The zero-order valence-electron chi connectivity index (χ0n) is 11.7. The Morgan fingerprint density at radius 3 is 2.85 bits per heavy atom. The highest BCUT2D eigenvalue weighted by atomic mass is 16.2. The number of nitrogens with one attached hydrogen (secondary N) is 1. The van der Waals surface area contributed by atoms with Crippen molar-refractivity contribution in [3.05, 3.63) is 24.3 Å². The first-order valence-electron chi connectivity index (χ1n) is 7.32. The molecule has 1 fully saturated rings. The highest BCUT2D eigenvalue weighted by Gasteiger charge is 2.23. The Labute approximate surface area is 118 Å². The Morgan fingerprint density at radius 1 is 1.35 bits per heavy atom. The molecule has 3 rings (SSSR count). The van der Waals surface area contributed by atoms with Crippen molar-refractivity contribution in [3.8, 4) is 0 Å². The number of nitrogens with zero attached hydrogens (tertiary/aromatic N) is 4. The van der Waals surface area contributed by atoms with Crippen LogP contribution in [0.1, 0.15) is 25.1 Å². The molecule has 1 aliphatic heterocycles. The van der Waals surface area contributed by atoms with Crippen molar-refractivity contribution in [1.29, 1.82) is 0 Å². The van der Waals surface area contributed by atoms with Crippen LogP contribution in [-0.4, -0.2) is 57.1 Å². The molecular formula is C14H21N5O. The van der Waals surface area contributed by atoms with Crippen molar-refractivity contribution >= 4 is 5.91 Å². The highest BCUT2D eigenvalue weighted by molar-refractivity contribution is 5.76. The second kappa shape index (κ2) is 6.17. The number of piperazine rings is 1. The van der Waals surface area contributed by atoms with Gasteiger partial charge >= 0.3 is 0 Å². The molecule has 2 aliphatic rings. The first-order chi connectivity index (χ1) is 9.81. The minimum Gasteiger partial charge on any atom is -0.340 e. The van der Waals surface area contributed by atoms with Gasteiger partial charge in [0.1, 0.15) is 12.2 Å². The molecule has 0 radical (unpaired) electrons. The average molecular weight is 275 g/mol. The number of carbonyl (C=O) groups excluding carboxylic acids is 1. The number of H-pyrrole nitrogens is 1. The molecule has 1 aromatic rings. The topological polar surface area (TPSA) is 65.1 Å². The smallest absolute Gasteiger partial charge is 0.223 e. The maximum atomic E-state index is 12.2. The lowest BCUT2D eigenvalue weighted by Crippen LogP contribution is -2.48. The van der Waals surface area contributed by atoms with E-state index in [1.807, 2.05) is 4.90 Å². The summed E-state index contributed by atoms with van der Waals surface area (Å²) < 4.78 is 0. The average Bonchev–Trinajstić information content (AvgIpc) is 3.13. The fourth-order valence-corrected chi connectivity index (χ4v) is 2.89. The number of allylic oxidation sites excluding steroid dienone is 2. The third kappa shape index (κ3) is 3.25. The number of carbonyl (C=O) groups is 1. The molecule has 1 aliphatic carbocycles. The molecule has 1 saturated heterocycles. The summed E-state index contributed by atoms with van der Waals surface area (Å²) in [5.41, 5.74) is 0. The summed E-state index contributed by atoms with van der Waals surface area (Å²) in [4.78, 5) is 20.7. The number of amides is 1. The van der Waals surface area contributed by atoms with E-state index >= 15 is 0 Å². The monoisotopic (exact) mass is 275 g/mol. The van der Waals surface area contributed by atoms with Gasteiger partial charge in [0.2, 0.25) is 5.91 Å². The summed E-state index contributed by atoms with van der Waals surface area (Å²) in [5, 5.41) is 6.73. The molecule has 1 unspecified atom stereocenters. The first kappa shape index (κ1) is 13.3. The van der Waals surface area contributed by atoms with Gasteiger partial charge in [0.15, 0.2) is 0 Å². The Kier molecular flexibility index (Phi) is 4.11. The van der Waals surface area contributed by atoms with Crippen LogP contribution < -0.4 is 0 Å². The van der Waals surface area contributed by atoms with Crippen molar-refractivity contribution in [1.82, 2.24) is 25.0 Å². The molecule has 0 saturated carbocycles. The lowest BCUT2D eigenvalue weighted by molar-refractivity contribution is -0.133. The van der Waals surface area contributed by atoms with E-state index in [9.17, 15) is 4.79 Å². The molecule has 108 valence electrons. The van der Waals surface area contributed by atoms with Gasteiger partial charge in [-0.3, -0.25) is 14.8 Å². The first-order valence-corrected chi connectivity index (χ1v) is 7.32. The van der Waals surface area contributed by atoms with Gasteiger partial charge in [0.05, 0.1) is 6.54 Å². The van der Waals surface area contributed by atoms with Gasteiger partial charge in [-0.15, -0.1) is 0 Å². The molecule has 1 amide bonds. The predicted molar refractivity (Wildman–Crippen MR) is 74.7 cm³/mol. The Bertz CT molecular complexity index is 462. The van der Waals surface area contributed by atoms with E-state index in [-0.39, 0.29) is 0 Å². The molecule has 0 aromatic carbocycles. The van der Waals surface area contributed by atoms with Crippen molar-refractivity contribution in [2.24, 2.45) is 5.92 Å². The molecule has 1 atom stereocenters. The number of hydrogen-bond acceptors (Lipinski definition) is 4. The van der Waals surface area contributed by atoms with Crippen LogP contribution in [0.4, 0.5) is 0 Å². The maximum Gasteiger partial charge on any atom is 0.223 e. The zero-order valence-corrected chi connectivity index (χ0v) is 11.7. The largest absolute Gasteiger partial charge is 0.340 e. The second-order valence-electron chi connectivity index (χ2n) is 5.56. The molecule has 0 bridgehead atoms. The number of aromatic nitrogens is 3. The van der Waals surface area contributed by atoms with Crippen LogP contribution in [-0.2, 0) is 11.3 Å². The van der Waals surface area contributed by atoms with E-state index in [4.69, 9.17) is 0 Å². The summed E-state index contributed by atoms with van der Waals surface area (Å²) in [6, 6.07) is 0. The van der Waals surface area contributed by atoms with Crippen LogP contribution in [0, 0.1) is 5.92 Å². The SMILES string of the molecule is O=C(CC1C=CCC1)N1CCN(Cc2ncn[nH]2)CC1. The Morgan fingerprint density at radius 2 is 2.20 bits per heavy atom. The molecule has 0 spiro atoms. The van der Waals surface area contributed by atoms with E-state index in [0.717, 1.165) is 51.4 Å². The molecule has 2 heterocycles. The van der Waals surface area contributed by atoms with Crippen molar-refractivity contribution in [3.63, 3.8) is 0 Å². The van der Waals surface area contributed by atoms with Crippen LogP contribution in [0.2, 0.25) is 0 Å². The third-order valence-electron chi connectivity index (χ3n) is 4.11. The summed E-state index contributed by atoms with van der Waals surface area (Å²) in [6.07, 6.45) is 8.86. The van der Waals surface area contributed by atoms with Gasteiger partial charge in [0.25, 0.3) is 0 Å². The van der Waals surface area contributed by atoms with Gasteiger partial charge in [0, 0.05) is 32.6 Å². The van der Waals surface area contributed by atoms with E-state index in [2.05, 4.69) is 32.2 Å². The highest BCUT2D eigenvalue weighted by Crippen LogP contribution is 2.21. The van der Waals surface area contributed by atoms with Gasteiger partial charge in [-0.25, -0.2) is 4.98 Å².